The summed E-state index contributed by atoms with van der Waals surface area (Å²) in [5.74, 6) is 2.46. The second kappa shape index (κ2) is 6.21. The standard InChI is InChI=1S/C12H20N2OS/c1-8(2)12-13-10(4)5-11(14-12)16-7-9(3)6-15/h5,8-9,15H,6-7H2,1-4H3. The molecule has 0 bridgehead atoms. The first-order chi connectivity index (χ1) is 7.52. The highest BCUT2D eigenvalue weighted by Crippen LogP contribution is 2.21. The van der Waals surface area contributed by atoms with Crippen molar-refractivity contribution in [2.24, 2.45) is 5.92 Å². The molecule has 4 heteroatoms. The third-order valence-corrected chi connectivity index (χ3v) is 3.43. The second-order valence-electron chi connectivity index (χ2n) is 4.46. The van der Waals surface area contributed by atoms with E-state index in [2.05, 4.69) is 23.8 Å². The fraction of sp³-hybridized carbons (Fsp3) is 0.667. The molecule has 0 saturated carbocycles. The van der Waals surface area contributed by atoms with E-state index in [-0.39, 0.29) is 6.61 Å². The minimum absolute atomic E-state index is 0.230. The average Bonchev–Trinajstić information content (AvgIpc) is 2.25. The zero-order valence-electron chi connectivity index (χ0n) is 10.4. The Hall–Kier alpha value is -0.610. The number of nitrogens with zero attached hydrogens (tertiary/aromatic N) is 2. The van der Waals surface area contributed by atoms with Crippen molar-refractivity contribution >= 4 is 11.8 Å². The number of hydrogen-bond acceptors (Lipinski definition) is 4. The minimum Gasteiger partial charge on any atom is -0.396 e. The van der Waals surface area contributed by atoms with Gasteiger partial charge >= 0.3 is 0 Å². The lowest BCUT2D eigenvalue weighted by molar-refractivity contribution is 0.250. The maximum absolute atomic E-state index is 8.96. The molecule has 0 fully saturated rings. The highest BCUT2D eigenvalue weighted by Gasteiger charge is 2.08. The van der Waals surface area contributed by atoms with Crippen molar-refractivity contribution in [1.29, 1.82) is 0 Å². The maximum atomic E-state index is 8.96. The molecular formula is C12H20N2OS. The van der Waals surface area contributed by atoms with Crippen LogP contribution in [0.2, 0.25) is 0 Å². The summed E-state index contributed by atoms with van der Waals surface area (Å²) in [5, 5.41) is 9.97. The average molecular weight is 240 g/mol. The zero-order valence-corrected chi connectivity index (χ0v) is 11.2. The van der Waals surface area contributed by atoms with E-state index in [9.17, 15) is 0 Å². The topological polar surface area (TPSA) is 46.0 Å². The molecule has 16 heavy (non-hydrogen) atoms. The monoisotopic (exact) mass is 240 g/mol. The Morgan fingerprint density at radius 2 is 2.00 bits per heavy atom. The summed E-state index contributed by atoms with van der Waals surface area (Å²) in [4.78, 5) is 8.92. The first kappa shape index (κ1) is 13.5. The van der Waals surface area contributed by atoms with Gasteiger partial charge in [0.15, 0.2) is 0 Å². The molecule has 0 aromatic carbocycles. The van der Waals surface area contributed by atoms with E-state index in [1.165, 1.54) is 0 Å². The molecule has 0 aliphatic heterocycles. The van der Waals surface area contributed by atoms with Gasteiger partial charge in [0.05, 0.1) is 5.03 Å². The molecule has 0 saturated heterocycles. The molecular weight excluding hydrogens is 220 g/mol. The summed E-state index contributed by atoms with van der Waals surface area (Å²) in [6.07, 6.45) is 0. The number of aryl methyl sites for hydroxylation is 1. The van der Waals surface area contributed by atoms with E-state index in [1.807, 2.05) is 19.9 Å². The Bertz CT molecular complexity index is 342. The molecule has 1 atom stereocenters. The molecule has 0 aliphatic carbocycles. The van der Waals surface area contributed by atoms with Crippen molar-refractivity contribution in [1.82, 2.24) is 9.97 Å². The number of aliphatic hydroxyl groups is 1. The van der Waals surface area contributed by atoms with Crippen LogP contribution in [0.15, 0.2) is 11.1 Å². The Morgan fingerprint density at radius 3 is 2.56 bits per heavy atom. The Balaban J connectivity index is 2.72. The third-order valence-electron chi connectivity index (χ3n) is 2.19. The number of rotatable bonds is 5. The van der Waals surface area contributed by atoms with Gasteiger partial charge in [0, 0.05) is 24.0 Å². The first-order valence-electron chi connectivity index (χ1n) is 5.62. The largest absolute Gasteiger partial charge is 0.396 e. The molecule has 1 aromatic heterocycles. The molecule has 0 radical (unpaired) electrons. The quantitative estimate of drug-likeness (QED) is 0.635. The summed E-state index contributed by atoms with van der Waals surface area (Å²) >= 11 is 1.69. The normalized spacial score (nSPS) is 13.1. The van der Waals surface area contributed by atoms with Crippen LogP contribution in [0.1, 0.15) is 38.2 Å². The van der Waals surface area contributed by atoms with Crippen molar-refractivity contribution in [3.8, 4) is 0 Å². The van der Waals surface area contributed by atoms with Gasteiger partial charge in [-0.3, -0.25) is 0 Å². The number of hydrogen-bond donors (Lipinski definition) is 1. The maximum Gasteiger partial charge on any atom is 0.132 e. The smallest absolute Gasteiger partial charge is 0.132 e. The number of aliphatic hydroxyl groups excluding tert-OH is 1. The van der Waals surface area contributed by atoms with Crippen molar-refractivity contribution in [3.63, 3.8) is 0 Å². The fourth-order valence-electron chi connectivity index (χ4n) is 1.17. The van der Waals surface area contributed by atoms with Crippen molar-refractivity contribution in [2.75, 3.05) is 12.4 Å². The van der Waals surface area contributed by atoms with Crippen molar-refractivity contribution < 1.29 is 5.11 Å². The van der Waals surface area contributed by atoms with E-state index in [1.54, 1.807) is 11.8 Å². The Morgan fingerprint density at radius 1 is 1.31 bits per heavy atom. The van der Waals surface area contributed by atoms with Gasteiger partial charge in [-0.25, -0.2) is 9.97 Å². The molecule has 3 nitrogen and oxygen atoms in total. The SMILES string of the molecule is Cc1cc(SCC(C)CO)nc(C(C)C)n1. The van der Waals surface area contributed by atoms with Crippen LogP contribution in [0.3, 0.4) is 0 Å². The van der Waals surface area contributed by atoms with Crippen LogP contribution in [0, 0.1) is 12.8 Å². The minimum atomic E-state index is 0.230. The molecule has 1 rings (SSSR count). The highest BCUT2D eigenvalue weighted by atomic mass is 32.2. The van der Waals surface area contributed by atoms with Crippen LogP contribution in [-0.2, 0) is 0 Å². The lowest BCUT2D eigenvalue weighted by Gasteiger charge is -2.10. The van der Waals surface area contributed by atoms with Gasteiger partial charge in [-0.1, -0.05) is 20.8 Å². The lowest BCUT2D eigenvalue weighted by Crippen LogP contribution is -2.05. The second-order valence-corrected chi connectivity index (χ2v) is 5.50. The molecule has 90 valence electrons. The van der Waals surface area contributed by atoms with E-state index >= 15 is 0 Å². The van der Waals surface area contributed by atoms with Gasteiger partial charge in [-0.15, -0.1) is 11.8 Å². The van der Waals surface area contributed by atoms with Crippen molar-refractivity contribution in [2.45, 2.75) is 38.6 Å². The van der Waals surface area contributed by atoms with Gasteiger partial charge < -0.3 is 5.11 Å². The van der Waals surface area contributed by atoms with Gasteiger partial charge in [0.1, 0.15) is 5.82 Å². The van der Waals surface area contributed by atoms with Gasteiger partial charge in [0.25, 0.3) is 0 Å². The lowest BCUT2D eigenvalue weighted by atomic mass is 10.2. The third kappa shape index (κ3) is 4.10. The van der Waals surface area contributed by atoms with Crippen LogP contribution in [0.25, 0.3) is 0 Å². The predicted octanol–water partition coefficient (Wildman–Crippen LogP) is 2.63. The molecule has 0 spiro atoms. The Labute approximate surface area is 102 Å². The predicted molar refractivity (Wildman–Crippen MR) is 67.8 cm³/mol. The number of aromatic nitrogens is 2. The van der Waals surface area contributed by atoms with E-state index in [0.29, 0.717) is 11.8 Å². The van der Waals surface area contributed by atoms with E-state index in [0.717, 1.165) is 22.3 Å². The summed E-state index contributed by atoms with van der Waals surface area (Å²) in [6, 6.07) is 2.00. The fourth-order valence-corrected chi connectivity index (χ4v) is 2.15. The molecule has 1 aromatic rings. The van der Waals surface area contributed by atoms with Crippen LogP contribution in [-0.4, -0.2) is 27.4 Å². The highest BCUT2D eigenvalue weighted by molar-refractivity contribution is 7.99. The molecule has 1 unspecified atom stereocenters. The van der Waals surface area contributed by atoms with Crippen LogP contribution in [0.5, 0.6) is 0 Å². The van der Waals surface area contributed by atoms with Crippen LogP contribution >= 0.6 is 11.8 Å². The molecule has 0 amide bonds. The molecule has 0 aliphatic rings. The zero-order chi connectivity index (χ0) is 12.1. The summed E-state index contributed by atoms with van der Waals surface area (Å²) < 4.78 is 0. The van der Waals surface area contributed by atoms with Gasteiger partial charge in [0.2, 0.25) is 0 Å². The van der Waals surface area contributed by atoms with Gasteiger partial charge in [-0.05, 0) is 18.9 Å². The van der Waals surface area contributed by atoms with E-state index < -0.39 is 0 Å². The summed E-state index contributed by atoms with van der Waals surface area (Å²) in [6.45, 7) is 8.45. The van der Waals surface area contributed by atoms with Crippen molar-refractivity contribution in [3.05, 3.63) is 17.6 Å². The summed E-state index contributed by atoms with van der Waals surface area (Å²) in [7, 11) is 0. The van der Waals surface area contributed by atoms with E-state index in [4.69, 9.17) is 5.11 Å². The van der Waals surface area contributed by atoms with Crippen LogP contribution < -0.4 is 0 Å². The Kier molecular flexibility index (Phi) is 5.22. The first-order valence-corrected chi connectivity index (χ1v) is 6.60. The summed E-state index contributed by atoms with van der Waals surface area (Å²) in [5.41, 5.74) is 1.01. The number of thioether (sulfide) groups is 1. The van der Waals surface area contributed by atoms with Gasteiger partial charge in [-0.2, -0.15) is 0 Å². The molecule has 1 heterocycles. The molecule has 1 N–H and O–H groups in total. The van der Waals surface area contributed by atoms with Crippen LogP contribution in [0.4, 0.5) is 0 Å².